The summed E-state index contributed by atoms with van der Waals surface area (Å²) in [4.78, 5) is 0. The molecule has 0 aliphatic rings. The van der Waals surface area contributed by atoms with Crippen molar-refractivity contribution in [3.8, 4) is 0 Å². The van der Waals surface area contributed by atoms with Gasteiger partial charge in [-0.3, -0.25) is 0 Å². The quantitative estimate of drug-likeness (QED) is 0.760. The van der Waals surface area contributed by atoms with Crippen molar-refractivity contribution in [3.05, 3.63) is 35.9 Å². The normalized spacial score (nSPS) is 12.7. The molecular weight excluding hydrogens is 246 g/mol. The molecule has 0 atom stereocenters. The van der Waals surface area contributed by atoms with Gasteiger partial charge in [-0.15, -0.1) is 0 Å². The second-order valence-electron chi connectivity index (χ2n) is 6.79. The summed E-state index contributed by atoms with van der Waals surface area (Å²) in [6.45, 7) is 13.7. The number of nitrogens with one attached hydrogen (secondary N) is 1. The topological polar surface area (TPSA) is 21.3 Å². The van der Waals surface area contributed by atoms with Crippen molar-refractivity contribution < 1.29 is 4.74 Å². The Morgan fingerprint density at radius 2 is 1.60 bits per heavy atom. The lowest BCUT2D eigenvalue weighted by molar-refractivity contribution is 0.0248. The van der Waals surface area contributed by atoms with Crippen LogP contribution in [0.1, 0.15) is 53.0 Å². The highest BCUT2D eigenvalue weighted by atomic mass is 16.5. The van der Waals surface area contributed by atoms with Crippen LogP contribution in [0.4, 0.5) is 0 Å². The summed E-state index contributed by atoms with van der Waals surface area (Å²) in [5.41, 5.74) is 1.65. The number of hydrogen-bond donors (Lipinski definition) is 1. The van der Waals surface area contributed by atoms with Gasteiger partial charge in [0.05, 0.1) is 13.2 Å². The molecule has 0 unspecified atom stereocenters. The molecule has 0 spiro atoms. The van der Waals surface area contributed by atoms with Crippen LogP contribution >= 0.6 is 0 Å². The molecule has 1 N–H and O–H groups in total. The van der Waals surface area contributed by atoms with E-state index in [9.17, 15) is 0 Å². The van der Waals surface area contributed by atoms with E-state index in [1.807, 2.05) is 6.07 Å². The summed E-state index contributed by atoms with van der Waals surface area (Å²) >= 11 is 0. The Labute approximate surface area is 124 Å². The van der Waals surface area contributed by atoms with Crippen LogP contribution in [0.15, 0.2) is 30.3 Å². The summed E-state index contributed by atoms with van der Waals surface area (Å²) in [5, 5.41) is 3.63. The Bertz CT molecular complexity index is 363. The molecule has 0 heterocycles. The van der Waals surface area contributed by atoms with Crippen LogP contribution in [0.2, 0.25) is 0 Å². The second-order valence-corrected chi connectivity index (χ2v) is 6.79. The van der Waals surface area contributed by atoms with Gasteiger partial charge in [0.1, 0.15) is 0 Å². The van der Waals surface area contributed by atoms with Gasteiger partial charge >= 0.3 is 0 Å². The van der Waals surface area contributed by atoms with Gasteiger partial charge in [0, 0.05) is 17.5 Å². The lowest BCUT2D eigenvalue weighted by Crippen LogP contribution is -2.45. The van der Waals surface area contributed by atoms with Gasteiger partial charge in [-0.2, -0.15) is 0 Å². The molecule has 20 heavy (non-hydrogen) atoms. The third-order valence-electron chi connectivity index (χ3n) is 4.01. The van der Waals surface area contributed by atoms with Gasteiger partial charge in [0.25, 0.3) is 0 Å². The van der Waals surface area contributed by atoms with Crippen LogP contribution in [0.5, 0.6) is 0 Å². The van der Waals surface area contributed by atoms with Crippen molar-refractivity contribution >= 4 is 0 Å². The van der Waals surface area contributed by atoms with Crippen LogP contribution in [0.25, 0.3) is 0 Å². The Morgan fingerprint density at radius 3 is 2.10 bits per heavy atom. The lowest BCUT2D eigenvalue weighted by Gasteiger charge is -2.35. The molecule has 0 saturated heterocycles. The number of ether oxygens (including phenoxy) is 1. The molecule has 2 heteroatoms. The highest BCUT2D eigenvalue weighted by molar-refractivity contribution is 5.13. The first-order valence-corrected chi connectivity index (χ1v) is 7.77. The van der Waals surface area contributed by atoms with Gasteiger partial charge in [-0.1, -0.05) is 44.2 Å². The van der Waals surface area contributed by atoms with Crippen LogP contribution < -0.4 is 5.32 Å². The minimum Gasteiger partial charge on any atom is -0.376 e. The maximum Gasteiger partial charge on any atom is 0.0717 e. The maximum absolute atomic E-state index is 5.99. The van der Waals surface area contributed by atoms with E-state index >= 15 is 0 Å². The fraction of sp³-hybridized carbons (Fsp3) is 0.667. The van der Waals surface area contributed by atoms with Gasteiger partial charge < -0.3 is 10.1 Å². The van der Waals surface area contributed by atoms with E-state index < -0.39 is 0 Å². The average molecular weight is 277 g/mol. The maximum atomic E-state index is 5.99. The first kappa shape index (κ1) is 17.2. The molecule has 0 amide bonds. The first-order chi connectivity index (χ1) is 9.41. The smallest absolute Gasteiger partial charge is 0.0717 e. The van der Waals surface area contributed by atoms with E-state index in [1.165, 1.54) is 5.56 Å². The molecular formula is C18H31NO. The molecule has 0 fully saturated rings. The summed E-state index contributed by atoms with van der Waals surface area (Å²) in [5.74, 6) is 0. The zero-order chi connectivity index (χ0) is 15.1. The summed E-state index contributed by atoms with van der Waals surface area (Å²) < 4.78 is 5.99. The Morgan fingerprint density at radius 1 is 1.00 bits per heavy atom. The van der Waals surface area contributed by atoms with Crippen molar-refractivity contribution in [3.63, 3.8) is 0 Å². The zero-order valence-electron chi connectivity index (χ0n) is 13.8. The number of benzene rings is 1. The van der Waals surface area contributed by atoms with E-state index in [0.717, 1.165) is 26.0 Å². The molecule has 0 aromatic heterocycles. The Hall–Kier alpha value is -0.860. The second kappa shape index (κ2) is 7.80. The van der Waals surface area contributed by atoms with E-state index in [4.69, 9.17) is 4.74 Å². The monoisotopic (exact) mass is 277 g/mol. The minimum atomic E-state index is 0.162. The fourth-order valence-electron chi connectivity index (χ4n) is 2.17. The number of rotatable bonds is 8. The first-order valence-electron chi connectivity index (χ1n) is 7.77. The van der Waals surface area contributed by atoms with Crippen molar-refractivity contribution in [2.45, 2.75) is 59.6 Å². The van der Waals surface area contributed by atoms with Crippen LogP contribution in [-0.2, 0) is 11.3 Å². The van der Waals surface area contributed by atoms with Crippen molar-refractivity contribution in [2.75, 3.05) is 13.2 Å². The largest absolute Gasteiger partial charge is 0.376 e. The molecule has 0 radical (unpaired) electrons. The van der Waals surface area contributed by atoms with E-state index in [0.29, 0.717) is 6.61 Å². The zero-order valence-corrected chi connectivity index (χ0v) is 13.8. The van der Waals surface area contributed by atoms with Crippen molar-refractivity contribution in [1.29, 1.82) is 0 Å². The standard InChI is InChI=1S/C18H31NO/c1-6-18(7-2,14-19-17(3,4)5)15-20-13-16-11-9-8-10-12-16/h8-12,19H,6-7,13-15H2,1-5H3. The third-order valence-corrected chi connectivity index (χ3v) is 4.01. The van der Waals surface area contributed by atoms with Crippen molar-refractivity contribution in [2.24, 2.45) is 5.41 Å². The number of hydrogen-bond acceptors (Lipinski definition) is 2. The Balaban J connectivity index is 2.49. The molecule has 0 aliphatic heterocycles. The van der Waals surface area contributed by atoms with Crippen LogP contribution in [0, 0.1) is 5.41 Å². The van der Waals surface area contributed by atoms with E-state index in [2.05, 4.69) is 64.2 Å². The van der Waals surface area contributed by atoms with Crippen molar-refractivity contribution in [1.82, 2.24) is 5.32 Å². The average Bonchev–Trinajstić information content (AvgIpc) is 2.43. The highest BCUT2D eigenvalue weighted by Gasteiger charge is 2.28. The molecule has 1 aromatic rings. The summed E-state index contributed by atoms with van der Waals surface area (Å²) in [6, 6.07) is 10.4. The molecule has 2 nitrogen and oxygen atoms in total. The Kier molecular flexibility index (Phi) is 6.70. The van der Waals surface area contributed by atoms with Gasteiger partial charge in [0.15, 0.2) is 0 Å². The highest BCUT2D eigenvalue weighted by Crippen LogP contribution is 2.27. The lowest BCUT2D eigenvalue weighted by atomic mass is 9.82. The molecule has 0 bridgehead atoms. The summed E-state index contributed by atoms with van der Waals surface area (Å²) in [6.07, 6.45) is 2.28. The summed E-state index contributed by atoms with van der Waals surface area (Å²) in [7, 11) is 0. The van der Waals surface area contributed by atoms with Gasteiger partial charge in [-0.25, -0.2) is 0 Å². The molecule has 1 rings (SSSR count). The molecule has 0 saturated carbocycles. The van der Waals surface area contributed by atoms with E-state index in [-0.39, 0.29) is 11.0 Å². The van der Waals surface area contributed by atoms with E-state index in [1.54, 1.807) is 0 Å². The predicted octanol–water partition coefficient (Wildman–Crippen LogP) is 4.40. The van der Waals surface area contributed by atoms with Gasteiger partial charge in [0.2, 0.25) is 0 Å². The fourth-order valence-corrected chi connectivity index (χ4v) is 2.17. The van der Waals surface area contributed by atoms with Crippen LogP contribution in [-0.4, -0.2) is 18.7 Å². The molecule has 1 aromatic carbocycles. The van der Waals surface area contributed by atoms with Crippen LogP contribution in [0.3, 0.4) is 0 Å². The molecule has 0 aliphatic carbocycles. The molecule has 114 valence electrons. The predicted molar refractivity (Wildman–Crippen MR) is 86.9 cm³/mol. The third kappa shape index (κ3) is 6.06. The van der Waals surface area contributed by atoms with Gasteiger partial charge in [-0.05, 0) is 39.2 Å². The minimum absolute atomic E-state index is 0.162. The SMILES string of the molecule is CCC(CC)(CNC(C)(C)C)COCc1ccccc1.